The molecule has 0 heterocycles. The average molecular weight is 531 g/mol. The lowest BCUT2D eigenvalue weighted by Crippen LogP contribution is -1.97. The van der Waals surface area contributed by atoms with Crippen molar-refractivity contribution in [3.8, 4) is 0 Å². The smallest absolute Gasteiger partial charge is 0.324 e. The lowest BCUT2D eigenvalue weighted by Gasteiger charge is -2.12. The molecule has 0 rings (SSSR count). The molecule has 0 aliphatic rings. The molecule has 0 aromatic rings. The molecule has 0 aromatic heterocycles. The Labute approximate surface area is 227 Å². The summed E-state index contributed by atoms with van der Waals surface area (Å²) in [5.41, 5.74) is 0. The fourth-order valence-electron chi connectivity index (χ4n) is 5.07. The number of rotatable bonds is 31. The van der Waals surface area contributed by atoms with Crippen LogP contribution in [0.2, 0.25) is 0 Å². The van der Waals surface area contributed by atoms with E-state index in [9.17, 15) is 9.46 Å². The van der Waals surface area contributed by atoms with Crippen LogP contribution in [0.1, 0.15) is 194 Å². The second kappa shape index (κ2) is 29.7. The van der Waals surface area contributed by atoms with Crippen molar-refractivity contribution in [1.29, 1.82) is 0 Å². The predicted octanol–water partition coefficient (Wildman–Crippen LogP) is 12.2. The minimum atomic E-state index is -3.36. The standard InChI is InChI=1S/C32H67O3P/c1-3-5-7-9-11-13-15-17-19-21-23-25-27-29-31-35-36(33,34)32-30-28-26-24-22-20-18-16-14-12-10-8-6-4-2/h3-32H2,1-2H3,(H,33,34). The van der Waals surface area contributed by atoms with Crippen LogP contribution in [0.15, 0.2) is 0 Å². The van der Waals surface area contributed by atoms with Crippen molar-refractivity contribution in [2.24, 2.45) is 0 Å². The highest BCUT2D eigenvalue weighted by atomic mass is 31.2. The zero-order chi connectivity index (χ0) is 26.4. The van der Waals surface area contributed by atoms with Crippen LogP contribution < -0.4 is 0 Å². The summed E-state index contributed by atoms with van der Waals surface area (Å²) in [5, 5.41) is 0. The SMILES string of the molecule is CCCCCCCCCCCCCCCCOP(=O)(O)CCCCCCCCCCCCCCCC. The molecule has 0 aliphatic carbocycles. The fourth-order valence-corrected chi connectivity index (χ4v) is 6.24. The Morgan fingerprint density at radius 1 is 0.417 bits per heavy atom. The molecule has 0 radical (unpaired) electrons. The second-order valence-electron chi connectivity index (χ2n) is 11.4. The van der Waals surface area contributed by atoms with Gasteiger partial charge < -0.3 is 9.42 Å². The normalized spacial score (nSPS) is 13.3. The van der Waals surface area contributed by atoms with Gasteiger partial charge in [-0.3, -0.25) is 4.57 Å². The van der Waals surface area contributed by atoms with Gasteiger partial charge in [-0.05, 0) is 12.8 Å². The van der Waals surface area contributed by atoms with Crippen LogP contribution in [0.25, 0.3) is 0 Å². The monoisotopic (exact) mass is 530 g/mol. The van der Waals surface area contributed by atoms with Crippen molar-refractivity contribution in [1.82, 2.24) is 0 Å². The summed E-state index contributed by atoms with van der Waals surface area (Å²) in [4.78, 5) is 10.0. The van der Waals surface area contributed by atoms with E-state index in [2.05, 4.69) is 13.8 Å². The van der Waals surface area contributed by atoms with E-state index in [1.165, 1.54) is 154 Å². The Morgan fingerprint density at radius 2 is 0.667 bits per heavy atom. The van der Waals surface area contributed by atoms with Crippen LogP contribution >= 0.6 is 7.60 Å². The van der Waals surface area contributed by atoms with Gasteiger partial charge in [0.15, 0.2) is 0 Å². The van der Waals surface area contributed by atoms with Crippen molar-refractivity contribution < 1.29 is 14.0 Å². The Hall–Kier alpha value is 0.150. The third kappa shape index (κ3) is 30.4. The first kappa shape index (κ1) is 36.1. The highest BCUT2D eigenvalue weighted by Crippen LogP contribution is 2.43. The van der Waals surface area contributed by atoms with E-state index in [0.717, 1.165) is 25.7 Å². The molecule has 0 amide bonds. The lowest BCUT2D eigenvalue weighted by molar-refractivity contribution is 0.251. The van der Waals surface area contributed by atoms with E-state index in [-0.39, 0.29) is 0 Å². The summed E-state index contributed by atoms with van der Waals surface area (Å²) < 4.78 is 17.6. The van der Waals surface area contributed by atoms with Gasteiger partial charge in [-0.1, -0.05) is 181 Å². The van der Waals surface area contributed by atoms with Gasteiger partial charge in [-0.25, -0.2) is 0 Å². The highest BCUT2D eigenvalue weighted by Gasteiger charge is 2.17. The summed E-state index contributed by atoms with van der Waals surface area (Å²) in [7, 11) is -3.36. The summed E-state index contributed by atoms with van der Waals surface area (Å²) >= 11 is 0. The Morgan fingerprint density at radius 3 is 0.972 bits per heavy atom. The minimum Gasteiger partial charge on any atom is -0.324 e. The molecule has 0 aromatic carbocycles. The first-order valence-corrected chi connectivity index (χ1v) is 18.3. The van der Waals surface area contributed by atoms with E-state index in [4.69, 9.17) is 4.52 Å². The maximum atomic E-state index is 12.2. The van der Waals surface area contributed by atoms with Crippen molar-refractivity contribution in [2.45, 2.75) is 194 Å². The van der Waals surface area contributed by atoms with Crippen molar-refractivity contribution in [3.63, 3.8) is 0 Å². The number of hydrogen-bond acceptors (Lipinski definition) is 2. The largest absolute Gasteiger partial charge is 0.328 e. The van der Waals surface area contributed by atoms with E-state index in [1.54, 1.807) is 0 Å². The van der Waals surface area contributed by atoms with Crippen LogP contribution in [0.3, 0.4) is 0 Å². The second-order valence-corrected chi connectivity index (χ2v) is 13.4. The van der Waals surface area contributed by atoms with Crippen molar-refractivity contribution >= 4 is 7.60 Å². The molecule has 0 bridgehead atoms. The topological polar surface area (TPSA) is 46.5 Å². The predicted molar refractivity (Wildman–Crippen MR) is 161 cm³/mol. The molecule has 0 saturated heterocycles. The Kier molecular flexibility index (Phi) is 29.8. The van der Waals surface area contributed by atoms with Gasteiger partial charge in [0.05, 0.1) is 6.61 Å². The molecule has 0 aliphatic heterocycles. The van der Waals surface area contributed by atoms with Crippen LogP contribution in [0.5, 0.6) is 0 Å². The molecular weight excluding hydrogens is 463 g/mol. The molecule has 1 N–H and O–H groups in total. The van der Waals surface area contributed by atoms with Crippen molar-refractivity contribution in [2.75, 3.05) is 12.8 Å². The zero-order valence-electron chi connectivity index (χ0n) is 24.9. The zero-order valence-corrected chi connectivity index (χ0v) is 25.8. The van der Waals surface area contributed by atoms with Gasteiger partial charge in [0, 0.05) is 6.16 Å². The van der Waals surface area contributed by atoms with E-state index >= 15 is 0 Å². The van der Waals surface area contributed by atoms with Gasteiger partial charge >= 0.3 is 7.60 Å². The lowest BCUT2D eigenvalue weighted by atomic mass is 10.0. The fraction of sp³-hybridized carbons (Fsp3) is 1.00. The molecule has 3 nitrogen and oxygen atoms in total. The van der Waals surface area contributed by atoms with Gasteiger partial charge in [0.25, 0.3) is 0 Å². The van der Waals surface area contributed by atoms with E-state index in [1.807, 2.05) is 0 Å². The van der Waals surface area contributed by atoms with Crippen LogP contribution in [-0.4, -0.2) is 17.7 Å². The Balaban J connectivity index is 3.28. The molecule has 1 atom stereocenters. The summed E-state index contributed by atoms with van der Waals surface area (Å²) in [6, 6.07) is 0. The quantitative estimate of drug-likeness (QED) is 0.0716. The number of unbranched alkanes of at least 4 members (excludes halogenated alkanes) is 26. The Bertz CT molecular complexity index is 455. The van der Waals surface area contributed by atoms with Gasteiger partial charge in [0.2, 0.25) is 0 Å². The average Bonchev–Trinajstić information content (AvgIpc) is 2.86. The molecule has 0 spiro atoms. The van der Waals surface area contributed by atoms with Gasteiger partial charge in [0.1, 0.15) is 0 Å². The number of hydrogen-bond donors (Lipinski definition) is 1. The third-order valence-corrected chi connectivity index (χ3v) is 9.05. The maximum absolute atomic E-state index is 12.2. The van der Waals surface area contributed by atoms with E-state index < -0.39 is 7.60 Å². The van der Waals surface area contributed by atoms with Gasteiger partial charge in [-0.2, -0.15) is 0 Å². The summed E-state index contributed by atoms with van der Waals surface area (Å²) in [6.45, 7) is 5.00. The first-order chi connectivity index (χ1) is 17.6. The molecule has 36 heavy (non-hydrogen) atoms. The highest BCUT2D eigenvalue weighted by molar-refractivity contribution is 7.52. The summed E-state index contributed by atoms with van der Waals surface area (Å²) in [6.07, 6.45) is 37.1. The molecular formula is C32H67O3P. The minimum absolute atomic E-state index is 0.337. The van der Waals surface area contributed by atoms with Crippen LogP contribution in [0, 0.1) is 0 Å². The molecule has 1 unspecified atom stereocenters. The molecule has 218 valence electrons. The summed E-state index contributed by atoms with van der Waals surface area (Å²) in [5.74, 6) is 0. The van der Waals surface area contributed by atoms with Crippen LogP contribution in [-0.2, 0) is 9.09 Å². The molecule has 0 saturated carbocycles. The van der Waals surface area contributed by atoms with Crippen LogP contribution in [0.4, 0.5) is 0 Å². The first-order valence-electron chi connectivity index (χ1n) is 16.6. The third-order valence-electron chi connectivity index (χ3n) is 7.59. The van der Waals surface area contributed by atoms with E-state index in [0.29, 0.717) is 12.8 Å². The van der Waals surface area contributed by atoms with Crippen molar-refractivity contribution in [3.05, 3.63) is 0 Å². The van der Waals surface area contributed by atoms with Gasteiger partial charge in [-0.15, -0.1) is 0 Å². The maximum Gasteiger partial charge on any atom is 0.328 e. The molecule has 0 fully saturated rings. The molecule has 4 heteroatoms.